The minimum Gasteiger partial charge on any atom is -0.323 e. The molecule has 0 aliphatic rings. The van der Waals surface area contributed by atoms with E-state index >= 15 is 0 Å². The fourth-order valence-corrected chi connectivity index (χ4v) is 9.25. The van der Waals surface area contributed by atoms with E-state index in [4.69, 9.17) is 25.3 Å². The summed E-state index contributed by atoms with van der Waals surface area (Å²) in [6.45, 7) is -2.69. The lowest BCUT2D eigenvalue weighted by atomic mass is 10.3. The maximum atomic E-state index is 11.9. The van der Waals surface area contributed by atoms with Gasteiger partial charge < -0.3 is 54.7 Å². The summed E-state index contributed by atoms with van der Waals surface area (Å²) >= 11 is 0. The van der Waals surface area contributed by atoms with E-state index in [-0.39, 0.29) is 6.92 Å². The van der Waals surface area contributed by atoms with Crippen molar-refractivity contribution < 1.29 is 71.8 Å². The molecule has 1 unspecified atom stereocenters. The molecule has 0 amide bonds. The zero-order chi connectivity index (χ0) is 23.2. The lowest BCUT2D eigenvalue weighted by Crippen LogP contribution is -2.65. The zero-order valence-electron chi connectivity index (χ0n) is 13.7. The number of nitrogens with two attached hydrogens (primary N) is 1. The van der Waals surface area contributed by atoms with Crippen LogP contribution in [0.3, 0.4) is 0 Å². The summed E-state index contributed by atoms with van der Waals surface area (Å²) in [5.74, 6) is 0. The van der Waals surface area contributed by atoms with Gasteiger partial charge in [0.1, 0.15) is 0 Å². The van der Waals surface area contributed by atoms with Crippen molar-refractivity contribution in [3.63, 3.8) is 0 Å². The van der Waals surface area contributed by atoms with Gasteiger partial charge in [0.15, 0.2) is 5.28 Å². The Labute approximate surface area is 156 Å². The van der Waals surface area contributed by atoms with E-state index in [1.54, 1.807) is 0 Å². The molecule has 18 nitrogen and oxygen atoms in total. The Bertz CT molecular complexity index is 766. The standard InChI is InChI=1S/C5H20N3O15P5/c1-4(6,24(9,10)11)5(25(12,13)14,26(15,16)17)7-2-3-8(27(18,19)20)28(21,22)23/h7H,2-3,6H2,1H3,(H2,9,10,11)(H2,12,13,14)(H2,15,16,17)(H2,18,19,20)(H2,21,22,23). The third-order valence-corrected chi connectivity index (χ3v) is 12.8. The summed E-state index contributed by atoms with van der Waals surface area (Å²) < 4.78 is 56.8. The van der Waals surface area contributed by atoms with Gasteiger partial charge in [-0.3, -0.25) is 19.0 Å². The molecule has 0 rings (SSSR count). The lowest BCUT2D eigenvalue weighted by Gasteiger charge is -2.46. The molecule has 0 bridgehead atoms. The second-order valence-corrected chi connectivity index (χ2v) is 14.7. The highest BCUT2D eigenvalue weighted by Gasteiger charge is 2.74. The number of nitrogens with one attached hydrogen (secondary N) is 1. The Morgan fingerprint density at radius 1 is 0.750 bits per heavy atom. The molecule has 170 valence electrons. The molecule has 0 aliphatic heterocycles. The van der Waals surface area contributed by atoms with E-state index in [2.05, 4.69) is 0 Å². The van der Waals surface area contributed by atoms with Gasteiger partial charge in [0.2, 0.25) is 0 Å². The van der Waals surface area contributed by atoms with Crippen LogP contribution in [-0.4, -0.2) is 76.8 Å². The van der Waals surface area contributed by atoms with Gasteiger partial charge in [-0.2, -0.15) is 0 Å². The first kappa shape index (κ1) is 28.6. The molecule has 0 saturated carbocycles. The largest absolute Gasteiger partial charge is 0.412 e. The molecule has 0 aliphatic carbocycles. The Kier molecular flexibility index (Phi) is 8.47. The van der Waals surface area contributed by atoms with E-state index < -0.39 is 66.1 Å². The van der Waals surface area contributed by atoms with Crippen LogP contribution in [0.2, 0.25) is 0 Å². The molecule has 0 radical (unpaired) electrons. The van der Waals surface area contributed by atoms with Gasteiger partial charge in [-0.1, -0.05) is 0 Å². The van der Waals surface area contributed by atoms with Crippen LogP contribution in [0.4, 0.5) is 0 Å². The first-order chi connectivity index (χ1) is 11.8. The molecule has 0 aromatic carbocycles. The maximum absolute atomic E-state index is 11.9. The second kappa shape index (κ2) is 8.29. The molecule has 28 heavy (non-hydrogen) atoms. The Morgan fingerprint density at radius 3 is 1.29 bits per heavy atom. The average Bonchev–Trinajstić information content (AvgIpc) is 2.29. The fourth-order valence-electron chi connectivity index (χ4n) is 2.09. The quantitative estimate of drug-likeness (QED) is 0.128. The SMILES string of the molecule is CC(N)(C(NCCN(P(=O)(O)O)P(=O)(O)O)(P(=O)(O)O)P(=O)(O)O)P(=O)(O)O. The summed E-state index contributed by atoms with van der Waals surface area (Å²) in [5, 5.41) is -6.49. The van der Waals surface area contributed by atoms with Crippen LogP contribution >= 0.6 is 38.3 Å². The first-order valence-corrected chi connectivity index (χ1v) is 14.4. The smallest absolute Gasteiger partial charge is 0.323 e. The van der Waals surface area contributed by atoms with Crippen LogP contribution < -0.4 is 11.1 Å². The molecule has 0 fully saturated rings. The second-order valence-electron chi connectivity index (χ2n) is 5.50. The monoisotopic (exact) mass is 517 g/mol. The third kappa shape index (κ3) is 5.65. The van der Waals surface area contributed by atoms with Crippen molar-refractivity contribution in [2.45, 2.75) is 17.2 Å². The Morgan fingerprint density at radius 2 is 1.07 bits per heavy atom. The van der Waals surface area contributed by atoms with Gasteiger partial charge in [-0.15, -0.1) is 4.44 Å². The lowest BCUT2D eigenvalue weighted by molar-refractivity contribution is 0.228. The zero-order valence-corrected chi connectivity index (χ0v) is 18.2. The number of rotatable bonds is 10. The third-order valence-electron chi connectivity index (χ3n) is 3.44. The van der Waals surface area contributed by atoms with Crippen LogP contribution in [0.5, 0.6) is 0 Å². The van der Waals surface area contributed by atoms with Crippen molar-refractivity contribution in [3.05, 3.63) is 0 Å². The van der Waals surface area contributed by atoms with Gasteiger partial charge in [0.25, 0.3) is 5.02 Å². The van der Waals surface area contributed by atoms with E-state index in [0.717, 1.165) is 0 Å². The van der Waals surface area contributed by atoms with E-state index in [9.17, 15) is 52.2 Å². The van der Waals surface area contributed by atoms with Crippen molar-refractivity contribution in [1.82, 2.24) is 9.76 Å². The molecular weight excluding hydrogens is 497 g/mol. The molecule has 0 aromatic heterocycles. The Balaban J connectivity index is 6.42. The van der Waals surface area contributed by atoms with Crippen molar-refractivity contribution in [2.75, 3.05) is 13.1 Å². The summed E-state index contributed by atoms with van der Waals surface area (Å²) in [6, 6.07) is 0. The summed E-state index contributed by atoms with van der Waals surface area (Å²) in [6.07, 6.45) is 0. The van der Waals surface area contributed by atoms with E-state index in [0.29, 0.717) is 0 Å². The van der Waals surface area contributed by atoms with Gasteiger partial charge >= 0.3 is 38.3 Å². The fraction of sp³-hybridized carbons (Fsp3) is 1.00. The predicted octanol–water partition coefficient (Wildman–Crippen LogP) is -3.07. The van der Waals surface area contributed by atoms with Gasteiger partial charge in [-0.05, 0) is 6.92 Å². The van der Waals surface area contributed by atoms with Crippen molar-refractivity contribution in [3.8, 4) is 0 Å². The molecule has 1 atom stereocenters. The summed E-state index contributed by atoms with van der Waals surface area (Å²) in [4.78, 5) is 92.0. The van der Waals surface area contributed by atoms with E-state index in [1.165, 1.54) is 5.32 Å². The van der Waals surface area contributed by atoms with E-state index in [1.807, 2.05) is 0 Å². The van der Waals surface area contributed by atoms with Crippen molar-refractivity contribution >= 4 is 38.3 Å². The normalized spacial score (nSPS) is 17.6. The first-order valence-electron chi connectivity index (χ1n) is 6.44. The van der Waals surface area contributed by atoms with Gasteiger partial charge in [0, 0.05) is 13.1 Å². The van der Waals surface area contributed by atoms with Crippen LogP contribution in [0, 0.1) is 0 Å². The average molecular weight is 517 g/mol. The highest BCUT2D eigenvalue weighted by atomic mass is 31.3. The van der Waals surface area contributed by atoms with Crippen molar-refractivity contribution in [1.29, 1.82) is 0 Å². The van der Waals surface area contributed by atoms with Crippen LogP contribution in [-0.2, 0) is 22.8 Å². The minimum atomic E-state index is -6.29. The maximum Gasteiger partial charge on any atom is 0.412 e. The molecule has 0 heterocycles. The topological polar surface area (TPSA) is 329 Å². The molecular formula is C5H20N3O15P5. The highest BCUT2D eigenvalue weighted by Crippen LogP contribution is 2.76. The molecule has 0 saturated heterocycles. The van der Waals surface area contributed by atoms with Gasteiger partial charge in [0.05, 0.1) is 0 Å². The van der Waals surface area contributed by atoms with Crippen LogP contribution in [0.1, 0.15) is 6.92 Å². The summed E-state index contributed by atoms with van der Waals surface area (Å²) in [5.41, 5.74) is 5.20. The summed E-state index contributed by atoms with van der Waals surface area (Å²) in [7, 11) is -29.8. The Hall–Kier alpha value is 0.630. The number of hydrogen-bond acceptors (Lipinski definition) is 7. The predicted molar refractivity (Wildman–Crippen MR) is 90.3 cm³/mol. The highest BCUT2D eigenvalue weighted by molar-refractivity contribution is 7.74. The minimum absolute atomic E-state index is 0.197. The molecule has 13 N–H and O–H groups in total. The number of nitrogens with zero attached hydrogens (tertiary/aromatic N) is 1. The molecule has 0 spiro atoms. The number of hydrogen-bond donors (Lipinski definition) is 12. The molecule has 0 aromatic rings. The van der Waals surface area contributed by atoms with Gasteiger partial charge in [-0.25, -0.2) is 9.13 Å². The van der Waals surface area contributed by atoms with Crippen LogP contribution in [0.25, 0.3) is 0 Å². The van der Waals surface area contributed by atoms with Crippen LogP contribution in [0.15, 0.2) is 0 Å². The van der Waals surface area contributed by atoms with Crippen molar-refractivity contribution in [2.24, 2.45) is 5.73 Å². The molecule has 23 heteroatoms.